The Balaban J connectivity index is 2.07. The Morgan fingerprint density at radius 1 is 1.08 bits per heavy atom. The molecule has 0 bridgehead atoms. The molecule has 2 amide bonds. The summed E-state index contributed by atoms with van der Waals surface area (Å²) in [4.78, 5) is 26.5. The minimum Gasteiger partial charge on any atom is -0.324 e. The summed E-state index contributed by atoms with van der Waals surface area (Å²) in [5.41, 5.74) is 3.67. The molecule has 0 saturated heterocycles. The maximum atomic E-state index is 12.4. The highest BCUT2D eigenvalue weighted by Crippen LogP contribution is 2.38. The average Bonchev–Trinajstić information content (AvgIpc) is 2.69. The first-order valence-electron chi connectivity index (χ1n) is 8.56. The Hall–Kier alpha value is -2.62. The second-order valence-corrected chi connectivity index (χ2v) is 7.55. The minimum atomic E-state index is -0.310. The first kappa shape index (κ1) is 17.2. The van der Waals surface area contributed by atoms with Crippen LogP contribution in [0, 0.1) is 0 Å². The quantitative estimate of drug-likeness (QED) is 0.838. The monoisotopic (exact) mass is 336 g/mol. The van der Waals surface area contributed by atoms with Gasteiger partial charge in [0.2, 0.25) is 11.8 Å². The molecule has 0 fully saturated rings. The lowest BCUT2D eigenvalue weighted by atomic mass is 9.86. The van der Waals surface area contributed by atoms with E-state index in [9.17, 15) is 9.59 Å². The molecule has 1 atom stereocenters. The zero-order valence-corrected chi connectivity index (χ0v) is 15.2. The molecule has 1 aliphatic rings. The summed E-state index contributed by atoms with van der Waals surface area (Å²) < 4.78 is 0. The van der Waals surface area contributed by atoms with Gasteiger partial charge in [-0.05, 0) is 28.7 Å². The number of carbonyl (C=O) groups excluding carboxylic acids is 2. The fraction of sp³-hybridized carbons (Fsp3) is 0.333. The number of benzene rings is 2. The molecule has 130 valence electrons. The van der Waals surface area contributed by atoms with Gasteiger partial charge in [0.25, 0.3) is 0 Å². The molecule has 0 spiro atoms. The second-order valence-electron chi connectivity index (χ2n) is 7.55. The standard InChI is InChI=1S/C21H24N2O2/c1-14(24)23-18-8-6-5-7-17(18)22-20(25)13-19(23)15-9-11-16(12-10-15)21(2,3)4/h5-12,19H,13H2,1-4H3,(H,22,25)/t19-/m0/s1. The Labute approximate surface area is 148 Å². The van der Waals surface area contributed by atoms with Gasteiger partial charge in [-0.15, -0.1) is 0 Å². The van der Waals surface area contributed by atoms with Crippen LogP contribution in [0.4, 0.5) is 11.4 Å². The Bertz CT molecular complexity index is 803. The third kappa shape index (κ3) is 3.43. The molecular formula is C21H24N2O2. The van der Waals surface area contributed by atoms with Gasteiger partial charge in [0, 0.05) is 6.92 Å². The molecule has 0 aliphatic carbocycles. The van der Waals surface area contributed by atoms with Crippen molar-refractivity contribution in [2.75, 3.05) is 10.2 Å². The van der Waals surface area contributed by atoms with E-state index in [0.717, 1.165) is 11.3 Å². The molecule has 4 heteroatoms. The lowest BCUT2D eigenvalue weighted by molar-refractivity contribution is -0.118. The molecular weight excluding hydrogens is 312 g/mol. The number of nitrogens with zero attached hydrogens (tertiary/aromatic N) is 1. The number of anilines is 2. The lowest BCUT2D eigenvalue weighted by Gasteiger charge is -2.30. The van der Waals surface area contributed by atoms with Gasteiger partial charge in [0.15, 0.2) is 0 Å². The average molecular weight is 336 g/mol. The summed E-state index contributed by atoms with van der Waals surface area (Å²) in [6.45, 7) is 8.04. The largest absolute Gasteiger partial charge is 0.324 e. The zero-order chi connectivity index (χ0) is 18.2. The molecule has 4 nitrogen and oxygen atoms in total. The highest BCUT2D eigenvalue weighted by molar-refractivity contribution is 6.03. The van der Waals surface area contributed by atoms with Crippen LogP contribution in [0.1, 0.15) is 51.3 Å². The van der Waals surface area contributed by atoms with Crippen LogP contribution in [0.3, 0.4) is 0 Å². The number of carbonyl (C=O) groups is 2. The van der Waals surface area contributed by atoms with Crippen LogP contribution in [-0.2, 0) is 15.0 Å². The van der Waals surface area contributed by atoms with Gasteiger partial charge in [0.05, 0.1) is 23.8 Å². The maximum absolute atomic E-state index is 12.4. The summed E-state index contributed by atoms with van der Waals surface area (Å²) >= 11 is 0. The highest BCUT2D eigenvalue weighted by Gasteiger charge is 2.31. The van der Waals surface area contributed by atoms with Crippen LogP contribution < -0.4 is 10.2 Å². The summed E-state index contributed by atoms with van der Waals surface area (Å²) in [6.07, 6.45) is 0.239. The first-order chi connectivity index (χ1) is 11.8. The molecule has 25 heavy (non-hydrogen) atoms. The molecule has 2 aromatic rings. The van der Waals surface area contributed by atoms with Crippen molar-refractivity contribution in [1.82, 2.24) is 0 Å². The third-order valence-electron chi connectivity index (χ3n) is 4.63. The van der Waals surface area contributed by atoms with E-state index in [4.69, 9.17) is 0 Å². The van der Waals surface area contributed by atoms with E-state index in [1.54, 1.807) is 11.8 Å². The fourth-order valence-electron chi connectivity index (χ4n) is 3.29. The van der Waals surface area contributed by atoms with Crippen molar-refractivity contribution in [1.29, 1.82) is 0 Å². The van der Waals surface area contributed by atoms with E-state index in [0.29, 0.717) is 5.69 Å². The van der Waals surface area contributed by atoms with Gasteiger partial charge in [-0.1, -0.05) is 57.2 Å². The van der Waals surface area contributed by atoms with Crippen molar-refractivity contribution in [3.05, 3.63) is 59.7 Å². The topological polar surface area (TPSA) is 49.4 Å². The van der Waals surface area contributed by atoms with Gasteiger partial charge in [-0.2, -0.15) is 0 Å². The van der Waals surface area contributed by atoms with E-state index < -0.39 is 0 Å². The number of amides is 2. The molecule has 1 N–H and O–H groups in total. The fourth-order valence-corrected chi connectivity index (χ4v) is 3.29. The van der Waals surface area contributed by atoms with Gasteiger partial charge < -0.3 is 10.2 Å². The molecule has 0 saturated carbocycles. The van der Waals surface area contributed by atoms with Crippen LogP contribution in [0.5, 0.6) is 0 Å². The minimum absolute atomic E-state index is 0.0617. The number of para-hydroxylation sites is 2. The number of rotatable bonds is 1. The van der Waals surface area contributed by atoms with Crippen LogP contribution >= 0.6 is 0 Å². The van der Waals surface area contributed by atoms with Crippen molar-refractivity contribution in [3.63, 3.8) is 0 Å². The maximum Gasteiger partial charge on any atom is 0.226 e. The van der Waals surface area contributed by atoms with Gasteiger partial charge in [0.1, 0.15) is 0 Å². The predicted octanol–water partition coefficient (Wildman–Crippen LogP) is 4.42. The SMILES string of the molecule is CC(=O)N1c2ccccc2NC(=O)C[C@H]1c1ccc(C(C)(C)C)cc1. The van der Waals surface area contributed by atoms with Crippen molar-refractivity contribution >= 4 is 23.2 Å². The second kappa shape index (κ2) is 6.36. The van der Waals surface area contributed by atoms with Crippen molar-refractivity contribution in [2.45, 2.75) is 45.6 Å². The summed E-state index contributed by atoms with van der Waals surface area (Å²) in [5.74, 6) is -0.157. The highest BCUT2D eigenvalue weighted by atomic mass is 16.2. The number of nitrogens with one attached hydrogen (secondary N) is 1. The Kier molecular flexibility index (Phi) is 4.38. The van der Waals surface area contributed by atoms with Crippen LogP contribution in [0.25, 0.3) is 0 Å². The van der Waals surface area contributed by atoms with Crippen LogP contribution in [0.2, 0.25) is 0 Å². The Morgan fingerprint density at radius 2 is 1.72 bits per heavy atom. The van der Waals surface area contributed by atoms with Crippen molar-refractivity contribution in [2.24, 2.45) is 0 Å². The molecule has 3 rings (SSSR count). The van der Waals surface area contributed by atoms with E-state index in [1.165, 1.54) is 5.56 Å². The smallest absolute Gasteiger partial charge is 0.226 e. The number of hydrogen-bond acceptors (Lipinski definition) is 2. The van der Waals surface area contributed by atoms with Gasteiger partial charge in [-0.3, -0.25) is 9.59 Å². The molecule has 0 unspecified atom stereocenters. The molecule has 0 radical (unpaired) electrons. The summed E-state index contributed by atoms with van der Waals surface area (Å²) in [6, 6.07) is 15.4. The summed E-state index contributed by atoms with van der Waals surface area (Å²) in [5, 5.41) is 2.91. The van der Waals surface area contributed by atoms with E-state index in [1.807, 2.05) is 36.4 Å². The summed E-state index contributed by atoms with van der Waals surface area (Å²) in [7, 11) is 0. The van der Waals surface area contributed by atoms with Gasteiger partial charge in [-0.25, -0.2) is 0 Å². The van der Waals surface area contributed by atoms with E-state index in [-0.39, 0.29) is 29.7 Å². The number of fused-ring (bicyclic) bond motifs is 1. The van der Waals surface area contributed by atoms with Gasteiger partial charge >= 0.3 is 0 Å². The van der Waals surface area contributed by atoms with E-state index in [2.05, 4.69) is 38.2 Å². The Morgan fingerprint density at radius 3 is 2.32 bits per heavy atom. The first-order valence-corrected chi connectivity index (χ1v) is 8.56. The predicted molar refractivity (Wildman–Crippen MR) is 101 cm³/mol. The molecule has 2 aromatic carbocycles. The molecule has 1 aliphatic heterocycles. The van der Waals surface area contributed by atoms with Crippen molar-refractivity contribution < 1.29 is 9.59 Å². The molecule has 0 aromatic heterocycles. The van der Waals surface area contributed by atoms with E-state index >= 15 is 0 Å². The normalized spacial score (nSPS) is 17.5. The third-order valence-corrected chi connectivity index (χ3v) is 4.63. The zero-order valence-electron chi connectivity index (χ0n) is 15.2. The van der Waals surface area contributed by atoms with Crippen LogP contribution in [-0.4, -0.2) is 11.8 Å². The molecule has 1 heterocycles. The van der Waals surface area contributed by atoms with Crippen LogP contribution in [0.15, 0.2) is 48.5 Å². The van der Waals surface area contributed by atoms with Crippen molar-refractivity contribution in [3.8, 4) is 0 Å². The lowest BCUT2D eigenvalue weighted by Crippen LogP contribution is -2.33. The number of hydrogen-bond donors (Lipinski definition) is 1.